The number of nitrogens with one attached hydrogen (secondary N) is 2. The molecule has 4 atom stereocenters. The van der Waals surface area contributed by atoms with E-state index in [0.29, 0.717) is 17.2 Å². The number of allylic oxidation sites excluding steroid dienone is 2. The number of quaternary nitrogens is 2. The molecule has 4 rings (SSSR count). The maximum absolute atomic E-state index is 12.5. The SMILES string of the molecule is CC1=CC(C)C([NH+]([O-])Oc2ccc(-c3ccc(O[NH+]([O-])c4ccc(C)cc4)cc3)cc2)C=C1. The van der Waals surface area contributed by atoms with Gasteiger partial charge in [0.05, 0.1) is 0 Å². The molecule has 0 aromatic heterocycles. The maximum atomic E-state index is 12.5. The van der Waals surface area contributed by atoms with Crippen molar-refractivity contribution in [2.45, 2.75) is 26.8 Å². The molecule has 0 amide bonds. The Morgan fingerprint density at radius 2 is 1.27 bits per heavy atom. The summed E-state index contributed by atoms with van der Waals surface area (Å²) in [6, 6.07) is 21.7. The fourth-order valence-electron chi connectivity index (χ4n) is 3.77. The quantitative estimate of drug-likeness (QED) is 0.543. The topological polar surface area (TPSA) is 73.5 Å². The zero-order valence-electron chi connectivity index (χ0n) is 18.9. The van der Waals surface area contributed by atoms with Gasteiger partial charge in [-0.05, 0) is 55.3 Å². The smallest absolute Gasteiger partial charge is 0.191 e. The van der Waals surface area contributed by atoms with Crippen LogP contribution in [-0.2, 0) is 0 Å². The number of rotatable bonds is 7. The van der Waals surface area contributed by atoms with Crippen molar-refractivity contribution >= 4 is 5.69 Å². The van der Waals surface area contributed by atoms with Crippen LogP contribution in [0.2, 0.25) is 0 Å². The highest BCUT2D eigenvalue weighted by molar-refractivity contribution is 5.64. The molecule has 6 heteroatoms. The fraction of sp³-hybridized carbons (Fsp3) is 0.185. The van der Waals surface area contributed by atoms with Crippen molar-refractivity contribution in [3.63, 3.8) is 0 Å². The molecule has 2 N–H and O–H groups in total. The molecule has 3 aromatic carbocycles. The van der Waals surface area contributed by atoms with Crippen LogP contribution in [0.5, 0.6) is 11.5 Å². The lowest BCUT2D eigenvalue weighted by Crippen LogP contribution is -3.13. The van der Waals surface area contributed by atoms with Crippen LogP contribution >= 0.6 is 0 Å². The predicted molar refractivity (Wildman–Crippen MR) is 128 cm³/mol. The Kier molecular flexibility index (Phi) is 6.91. The Balaban J connectivity index is 1.36. The average Bonchev–Trinajstić information content (AvgIpc) is 2.80. The molecule has 0 fully saturated rings. The van der Waals surface area contributed by atoms with Crippen molar-refractivity contribution in [2.75, 3.05) is 0 Å². The van der Waals surface area contributed by atoms with Gasteiger partial charge in [-0.3, -0.25) is 0 Å². The number of benzene rings is 3. The zero-order valence-corrected chi connectivity index (χ0v) is 18.9. The van der Waals surface area contributed by atoms with Gasteiger partial charge >= 0.3 is 0 Å². The van der Waals surface area contributed by atoms with Gasteiger partial charge in [0.15, 0.2) is 23.2 Å². The Morgan fingerprint density at radius 3 is 1.82 bits per heavy atom. The number of hydrogen-bond donors (Lipinski definition) is 2. The zero-order chi connectivity index (χ0) is 23.4. The van der Waals surface area contributed by atoms with Gasteiger partial charge < -0.3 is 20.1 Å². The molecule has 1 aliphatic carbocycles. The summed E-state index contributed by atoms with van der Waals surface area (Å²) < 4.78 is 0. The van der Waals surface area contributed by atoms with Crippen molar-refractivity contribution in [1.82, 2.24) is 0 Å². The van der Waals surface area contributed by atoms with Crippen LogP contribution in [0.4, 0.5) is 5.69 Å². The lowest BCUT2D eigenvalue weighted by molar-refractivity contribution is -1.04. The summed E-state index contributed by atoms with van der Waals surface area (Å²) in [6.45, 7) is 6.01. The molecule has 0 radical (unpaired) electrons. The largest absolute Gasteiger partial charge is 0.590 e. The van der Waals surface area contributed by atoms with Gasteiger partial charge in [0.1, 0.15) is 0 Å². The summed E-state index contributed by atoms with van der Waals surface area (Å²) in [6.07, 6.45) is 5.94. The normalized spacial score (nSPS) is 19.5. The summed E-state index contributed by atoms with van der Waals surface area (Å²) >= 11 is 0. The third-order valence-corrected chi connectivity index (χ3v) is 5.69. The second-order valence-electron chi connectivity index (χ2n) is 8.38. The second-order valence-corrected chi connectivity index (χ2v) is 8.38. The molecule has 0 spiro atoms. The van der Waals surface area contributed by atoms with Gasteiger partial charge in [0.2, 0.25) is 0 Å². The Hall–Kier alpha value is -3.42. The number of hydroxylamine groups is 2. The van der Waals surface area contributed by atoms with Crippen molar-refractivity contribution in [2.24, 2.45) is 5.92 Å². The van der Waals surface area contributed by atoms with Gasteiger partial charge in [-0.2, -0.15) is 5.23 Å². The van der Waals surface area contributed by atoms with Crippen LogP contribution < -0.4 is 20.1 Å². The minimum atomic E-state index is -0.387. The molecule has 4 unspecified atom stereocenters. The molecule has 170 valence electrons. The van der Waals surface area contributed by atoms with Crippen molar-refractivity contribution in [3.05, 3.63) is 113 Å². The monoisotopic (exact) mass is 444 g/mol. The summed E-state index contributed by atoms with van der Waals surface area (Å²) in [7, 11) is 0. The minimum Gasteiger partial charge on any atom is -0.590 e. The molecule has 1 aliphatic rings. The van der Waals surface area contributed by atoms with Crippen molar-refractivity contribution < 1.29 is 20.1 Å². The van der Waals surface area contributed by atoms with Crippen LogP contribution in [-0.4, -0.2) is 6.04 Å². The third kappa shape index (κ3) is 5.69. The minimum absolute atomic E-state index is 0.111. The molecule has 0 saturated carbocycles. The summed E-state index contributed by atoms with van der Waals surface area (Å²) in [5.74, 6) is 1.11. The Labute approximate surface area is 194 Å². The van der Waals surface area contributed by atoms with Crippen molar-refractivity contribution in [1.29, 1.82) is 0 Å². The lowest BCUT2D eigenvalue weighted by Gasteiger charge is -2.31. The molecular weight excluding hydrogens is 416 g/mol. The van der Waals surface area contributed by atoms with Crippen LogP contribution in [0.15, 0.2) is 96.6 Å². The van der Waals surface area contributed by atoms with E-state index < -0.39 is 0 Å². The Morgan fingerprint density at radius 1 is 0.727 bits per heavy atom. The molecule has 0 heterocycles. The van der Waals surface area contributed by atoms with Crippen LogP contribution in [0, 0.1) is 23.3 Å². The number of aryl methyl sites for hydroxylation is 1. The third-order valence-electron chi connectivity index (χ3n) is 5.69. The first kappa shape index (κ1) is 22.8. The van der Waals surface area contributed by atoms with Gasteiger partial charge in [0.25, 0.3) is 0 Å². The maximum Gasteiger partial charge on any atom is 0.191 e. The molecule has 0 bridgehead atoms. The highest BCUT2D eigenvalue weighted by Crippen LogP contribution is 2.24. The molecule has 33 heavy (non-hydrogen) atoms. The predicted octanol–water partition coefficient (Wildman–Crippen LogP) is 3.87. The van der Waals surface area contributed by atoms with E-state index in [4.69, 9.17) is 9.68 Å². The summed E-state index contributed by atoms with van der Waals surface area (Å²) in [4.78, 5) is 11.0. The summed E-state index contributed by atoms with van der Waals surface area (Å²) in [5, 5.41) is 24.2. The molecule has 3 aromatic rings. The van der Waals surface area contributed by atoms with Crippen LogP contribution in [0.3, 0.4) is 0 Å². The van der Waals surface area contributed by atoms with Gasteiger partial charge in [-0.1, -0.05) is 66.6 Å². The first-order valence-electron chi connectivity index (χ1n) is 11.0. The van der Waals surface area contributed by atoms with E-state index in [0.717, 1.165) is 22.3 Å². The summed E-state index contributed by atoms with van der Waals surface area (Å²) in [5.41, 5.74) is 4.69. The highest BCUT2D eigenvalue weighted by Gasteiger charge is 2.23. The first-order valence-corrected chi connectivity index (χ1v) is 11.0. The van der Waals surface area contributed by atoms with Gasteiger partial charge in [-0.15, -0.1) is 5.23 Å². The lowest BCUT2D eigenvalue weighted by atomic mass is 9.94. The van der Waals surface area contributed by atoms with E-state index in [2.05, 4.69) is 6.08 Å². The number of hydrogen-bond acceptors (Lipinski definition) is 4. The highest BCUT2D eigenvalue weighted by atomic mass is 16.9. The van der Waals surface area contributed by atoms with E-state index in [1.807, 2.05) is 69.3 Å². The second kappa shape index (κ2) is 10.0. The molecule has 6 nitrogen and oxygen atoms in total. The molecule has 0 saturated heterocycles. The first-order chi connectivity index (χ1) is 15.9. The van der Waals surface area contributed by atoms with Gasteiger partial charge in [0, 0.05) is 18.1 Å². The van der Waals surface area contributed by atoms with Crippen LogP contribution in [0.1, 0.15) is 19.4 Å². The van der Waals surface area contributed by atoms with Crippen LogP contribution in [0.25, 0.3) is 11.1 Å². The van der Waals surface area contributed by atoms with E-state index in [1.165, 1.54) is 0 Å². The molecule has 0 aliphatic heterocycles. The van der Waals surface area contributed by atoms with E-state index in [9.17, 15) is 10.4 Å². The van der Waals surface area contributed by atoms with E-state index in [1.54, 1.807) is 36.4 Å². The fourth-order valence-corrected chi connectivity index (χ4v) is 3.77. The Bertz CT molecular complexity index is 1120. The van der Waals surface area contributed by atoms with Gasteiger partial charge in [-0.25, -0.2) is 0 Å². The van der Waals surface area contributed by atoms with Crippen molar-refractivity contribution in [3.8, 4) is 22.6 Å². The van der Waals surface area contributed by atoms with E-state index >= 15 is 0 Å². The standard InChI is InChI=1S/C27H28N2O4/c1-19-4-11-24(12-5-19)28(30)32-25-13-7-22(8-14-25)23-9-15-26(16-10-23)33-29(31)27-17-6-20(2)18-21(27)3/h4-18,21,27-29H,1-3H3. The molecular formula is C27H28N2O4. The average molecular weight is 445 g/mol. The van der Waals surface area contributed by atoms with E-state index in [-0.39, 0.29) is 22.4 Å².